The maximum atomic E-state index is 10.6. The van der Waals surface area contributed by atoms with E-state index in [-0.39, 0.29) is 6.04 Å². The van der Waals surface area contributed by atoms with Crippen LogP contribution < -0.4 is 10.1 Å². The number of hydrogen-bond acceptors (Lipinski definition) is 5. The van der Waals surface area contributed by atoms with Crippen LogP contribution in [0.4, 0.5) is 0 Å². The molecule has 1 aromatic carbocycles. The molecule has 1 unspecified atom stereocenters. The summed E-state index contributed by atoms with van der Waals surface area (Å²) in [6, 6.07) is 8.18. The first-order chi connectivity index (χ1) is 9.44. The highest BCUT2D eigenvalue weighted by atomic mass is 33.1. The van der Waals surface area contributed by atoms with Gasteiger partial charge in [-0.2, -0.15) is 8.42 Å². The molecule has 0 heterocycles. The van der Waals surface area contributed by atoms with E-state index in [9.17, 15) is 8.42 Å². The van der Waals surface area contributed by atoms with Crippen LogP contribution in [-0.4, -0.2) is 38.4 Å². The fourth-order valence-electron chi connectivity index (χ4n) is 1.82. The van der Waals surface area contributed by atoms with Crippen molar-refractivity contribution in [2.24, 2.45) is 0 Å². The van der Waals surface area contributed by atoms with Crippen molar-refractivity contribution in [3.63, 3.8) is 0 Å². The van der Waals surface area contributed by atoms with Crippen LogP contribution in [0.15, 0.2) is 24.3 Å². The average Bonchev–Trinajstić information content (AvgIpc) is 2.42. The SMILES string of the molecule is CCC(Cc1ccc(OC)cc1)NCCSS(=O)(=O)O. The first-order valence-electron chi connectivity index (χ1n) is 6.42. The van der Waals surface area contributed by atoms with Crippen molar-refractivity contribution in [2.75, 3.05) is 19.4 Å². The molecule has 0 aliphatic carbocycles. The third kappa shape index (κ3) is 7.14. The molecule has 0 saturated heterocycles. The Balaban J connectivity index is 2.38. The van der Waals surface area contributed by atoms with Gasteiger partial charge in [-0.25, -0.2) is 0 Å². The number of hydrogen-bond donors (Lipinski definition) is 2. The summed E-state index contributed by atoms with van der Waals surface area (Å²) in [6.45, 7) is 2.62. The van der Waals surface area contributed by atoms with Gasteiger partial charge in [0, 0.05) is 18.3 Å². The minimum atomic E-state index is -3.93. The van der Waals surface area contributed by atoms with E-state index in [0.717, 1.165) is 18.6 Å². The first kappa shape index (κ1) is 17.3. The highest BCUT2D eigenvalue weighted by Gasteiger charge is 2.09. The second kappa shape index (κ2) is 8.51. The molecule has 0 aliphatic heterocycles. The van der Waals surface area contributed by atoms with Gasteiger partial charge in [0.1, 0.15) is 5.75 Å². The molecular formula is C13H21NO4S2. The Morgan fingerprint density at radius 2 is 2.00 bits per heavy atom. The Morgan fingerprint density at radius 3 is 2.50 bits per heavy atom. The summed E-state index contributed by atoms with van der Waals surface area (Å²) in [5.74, 6) is 1.16. The van der Waals surface area contributed by atoms with Crippen LogP contribution in [0.25, 0.3) is 0 Å². The van der Waals surface area contributed by atoms with E-state index < -0.39 is 9.15 Å². The smallest absolute Gasteiger partial charge is 0.319 e. The summed E-state index contributed by atoms with van der Waals surface area (Å²) >= 11 is 0. The predicted octanol–water partition coefficient (Wildman–Crippen LogP) is 2.14. The van der Waals surface area contributed by atoms with Crippen molar-refractivity contribution in [3.05, 3.63) is 29.8 Å². The standard InChI is InChI=1S/C13H21NO4S2/c1-3-12(14-8-9-19-20(15,16)17)10-11-4-6-13(18-2)7-5-11/h4-7,12,14H,3,8-10H2,1-2H3,(H,15,16,17). The Hall–Kier alpha value is -0.760. The molecule has 0 aromatic heterocycles. The second-order valence-electron chi connectivity index (χ2n) is 4.36. The van der Waals surface area contributed by atoms with Gasteiger partial charge in [-0.05, 0) is 41.3 Å². The maximum Gasteiger partial charge on any atom is 0.319 e. The van der Waals surface area contributed by atoms with E-state index in [1.807, 2.05) is 24.3 Å². The summed E-state index contributed by atoms with van der Waals surface area (Å²) < 4.78 is 34.9. The lowest BCUT2D eigenvalue weighted by Crippen LogP contribution is -2.32. The Kier molecular flexibility index (Phi) is 7.36. The number of nitrogens with one attached hydrogen (secondary N) is 1. The quantitative estimate of drug-likeness (QED) is 0.413. The first-order valence-corrected chi connectivity index (χ1v) is 9.37. The van der Waals surface area contributed by atoms with Gasteiger partial charge in [-0.1, -0.05) is 19.1 Å². The summed E-state index contributed by atoms with van der Waals surface area (Å²) in [6.07, 6.45) is 1.82. The molecule has 2 N–H and O–H groups in total. The lowest BCUT2D eigenvalue weighted by Gasteiger charge is -2.17. The van der Waals surface area contributed by atoms with Gasteiger partial charge in [0.15, 0.2) is 0 Å². The van der Waals surface area contributed by atoms with E-state index in [1.54, 1.807) is 7.11 Å². The molecule has 0 bridgehead atoms. The van der Waals surface area contributed by atoms with Crippen LogP contribution in [0.2, 0.25) is 0 Å². The van der Waals surface area contributed by atoms with Crippen LogP contribution in [0, 0.1) is 0 Å². The Bertz CT molecular complexity index is 488. The third-order valence-electron chi connectivity index (χ3n) is 2.90. The van der Waals surface area contributed by atoms with Crippen molar-refractivity contribution in [1.29, 1.82) is 0 Å². The second-order valence-corrected chi connectivity index (χ2v) is 7.83. The lowest BCUT2D eigenvalue weighted by atomic mass is 10.0. The summed E-state index contributed by atoms with van der Waals surface area (Å²) in [5.41, 5.74) is 1.20. The molecule has 0 amide bonds. The van der Waals surface area contributed by atoms with E-state index in [4.69, 9.17) is 9.29 Å². The molecule has 1 aromatic rings. The molecule has 5 nitrogen and oxygen atoms in total. The van der Waals surface area contributed by atoms with Crippen molar-refractivity contribution < 1.29 is 17.7 Å². The molecule has 0 saturated carbocycles. The van der Waals surface area contributed by atoms with Crippen LogP contribution in [0.5, 0.6) is 5.75 Å². The van der Waals surface area contributed by atoms with Gasteiger partial charge >= 0.3 is 9.15 Å². The van der Waals surface area contributed by atoms with E-state index in [1.165, 1.54) is 5.56 Å². The molecule has 114 valence electrons. The van der Waals surface area contributed by atoms with Crippen molar-refractivity contribution in [3.8, 4) is 5.75 Å². The number of methoxy groups -OCH3 is 1. The zero-order valence-corrected chi connectivity index (χ0v) is 13.3. The molecule has 0 radical (unpaired) electrons. The lowest BCUT2D eigenvalue weighted by molar-refractivity contribution is 0.414. The third-order valence-corrected chi connectivity index (χ3v) is 4.96. The zero-order valence-electron chi connectivity index (χ0n) is 11.7. The number of benzene rings is 1. The molecule has 20 heavy (non-hydrogen) atoms. The minimum Gasteiger partial charge on any atom is -0.497 e. The van der Waals surface area contributed by atoms with Crippen molar-refractivity contribution >= 4 is 19.9 Å². The van der Waals surface area contributed by atoms with Crippen LogP contribution in [0.1, 0.15) is 18.9 Å². The molecule has 0 fully saturated rings. The largest absolute Gasteiger partial charge is 0.497 e. The van der Waals surface area contributed by atoms with Gasteiger partial charge in [0.2, 0.25) is 0 Å². The van der Waals surface area contributed by atoms with Gasteiger partial charge in [-0.15, -0.1) is 0 Å². The van der Waals surface area contributed by atoms with Gasteiger partial charge < -0.3 is 10.1 Å². The number of ether oxygens (including phenoxy) is 1. The zero-order chi connectivity index (χ0) is 15.0. The van der Waals surface area contributed by atoms with Crippen molar-refractivity contribution in [2.45, 2.75) is 25.8 Å². The van der Waals surface area contributed by atoms with Gasteiger partial charge in [0.05, 0.1) is 7.11 Å². The van der Waals surface area contributed by atoms with Crippen molar-refractivity contribution in [1.82, 2.24) is 5.32 Å². The topological polar surface area (TPSA) is 75.6 Å². The monoisotopic (exact) mass is 319 g/mol. The van der Waals surface area contributed by atoms with E-state index in [0.29, 0.717) is 23.1 Å². The van der Waals surface area contributed by atoms with E-state index in [2.05, 4.69) is 12.2 Å². The maximum absolute atomic E-state index is 10.6. The summed E-state index contributed by atoms with van der Waals surface area (Å²) in [7, 11) is -1.75. The molecule has 1 rings (SSSR count). The molecule has 1 atom stereocenters. The minimum absolute atomic E-state index is 0.283. The molecular weight excluding hydrogens is 298 g/mol. The fraction of sp³-hybridized carbons (Fsp3) is 0.538. The van der Waals surface area contributed by atoms with Gasteiger partial charge in [-0.3, -0.25) is 4.55 Å². The van der Waals surface area contributed by atoms with Crippen LogP contribution in [0.3, 0.4) is 0 Å². The summed E-state index contributed by atoms with van der Waals surface area (Å²) in [5, 5.41) is 3.29. The highest BCUT2D eigenvalue weighted by molar-refractivity contribution is 8.69. The molecule has 0 spiro atoms. The van der Waals surface area contributed by atoms with Crippen LogP contribution in [-0.2, 0) is 15.6 Å². The molecule has 0 aliphatic rings. The predicted molar refractivity (Wildman–Crippen MR) is 82.8 cm³/mol. The number of rotatable bonds is 9. The summed E-state index contributed by atoms with van der Waals surface area (Å²) in [4.78, 5) is 0. The van der Waals surface area contributed by atoms with E-state index >= 15 is 0 Å². The average molecular weight is 319 g/mol. The highest BCUT2D eigenvalue weighted by Crippen LogP contribution is 2.14. The van der Waals surface area contributed by atoms with Crippen LogP contribution >= 0.6 is 10.8 Å². The Labute approximate surface area is 124 Å². The molecule has 7 heteroatoms. The van der Waals surface area contributed by atoms with Gasteiger partial charge in [0.25, 0.3) is 0 Å². The normalized spacial score (nSPS) is 13.2. The Morgan fingerprint density at radius 1 is 1.35 bits per heavy atom. The fourth-order valence-corrected chi connectivity index (χ4v) is 3.11.